The van der Waals surface area contributed by atoms with Crippen LogP contribution in [0.3, 0.4) is 0 Å². The van der Waals surface area contributed by atoms with Crippen LogP contribution in [0, 0.1) is 0 Å². The molecular formula is C25H32N6O4S. The van der Waals surface area contributed by atoms with Gasteiger partial charge in [-0.25, -0.2) is 14.6 Å². The van der Waals surface area contributed by atoms with Crippen molar-refractivity contribution in [2.75, 3.05) is 57.7 Å². The molecule has 1 aliphatic heterocycles. The summed E-state index contributed by atoms with van der Waals surface area (Å²) in [4.78, 5) is 24.2. The lowest BCUT2D eigenvalue weighted by Crippen LogP contribution is -2.37. The van der Waals surface area contributed by atoms with Crippen LogP contribution in [0.1, 0.15) is 18.9 Å². The maximum atomic E-state index is 12.4. The van der Waals surface area contributed by atoms with Gasteiger partial charge in [0.15, 0.2) is 22.3 Å². The Morgan fingerprint density at radius 2 is 2.00 bits per heavy atom. The third-order valence-electron chi connectivity index (χ3n) is 5.66. The molecule has 1 aliphatic rings. The molecule has 1 aromatic carbocycles. The maximum Gasteiger partial charge on any atom is 0.244 e. The molecule has 3 aromatic rings. The number of ether oxygens (including phenoxy) is 3. The topological polar surface area (TPSA) is 104 Å². The summed E-state index contributed by atoms with van der Waals surface area (Å²) in [6.07, 6.45) is 6.09. The van der Waals surface area contributed by atoms with Crippen LogP contribution in [0.4, 0.5) is 5.82 Å². The molecule has 3 heterocycles. The zero-order valence-corrected chi connectivity index (χ0v) is 21.7. The summed E-state index contributed by atoms with van der Waals surface area (Å²) in [7, 11) is 3.17. The van der Waals surface area contributed by atoms with E-state index in [4.69, 9.17) is 24.2 Å². The molecule has 0 saturated carbocycles. The molecule has 0 aliphatic carbocycles. The van der Waals surface area contributed by atoms with E-state index in [2.05, 4.69) is 22.2 Å². The van der Waals surface area contributed by atoms with Crippen LogP contribution in [0.25, 0.3) is 17.1 Å². The first-order valence-corrected chi connectivity index (χ1v) is 13.0. The number of amides is 1. The number of methoxy groups -OCH3 is 2. The molecule has 2 aromatic heterocycles. The second-order valence-electron chi connectivity index (χ2n) is 8.12. The van der Waals surface area contributed by atoms with Crippen molar-refractivity contribution in [3.8, 4) is 11.5 Å². The van der Waals surface area contributed by atoms with E-state index >= 15 is 0 Å². The lowest BCUT2D eigenvalue weighted by atomic mass is 10.2. The van der Waals surface area contributed by atoms with Gasteiger partial charge in [-0.15, -0.1) is 0 Å². The molecule has 11 heteroatoms. The van der Waals surface area contributed by atoms with Crippen molar-refractivity contribution in [2.45, 2.75) is 25.0 Å². The molecule has 0 bridgehead atoms. The maximum absolute atomic E-state index is 12.4. The number of morpholine rings is 1. The van der Waals surface area contributed by atoms with Gasteiger partial charge in [-0.3, -0.25) is 4.79 Å². The van der Waals surface area contributed by atoms with Gasteiger partial charge in [0.25, 0.3) is 0 Å². The van der Waals surface area contributed by atoms with Gasteiger partial charge < -0.3 is 24.4 Å². The SMILES string of the molecule is CCCSc1nc(N2CCOCC2)c2cnn(CCNC(=O)/C=C\c3ccc(OC)c(OC)c3)c2n1. The molecule has 0 unspecified atom stereocenters. The highest BCUT2D eigenvalue weighted by Crippen LogP contribution is 2.29. The van der Waals surface area contributed by atoms with Crippen LogP contribution in [0.15, 0.2) is 35.6 Å². The summed E-state index contributed by atoms with van der Waals surface area (Å²) in [5.41, 5.74) is 1.62. The lowest BCUT2D eigenvalue weighted by Gasteiger charge is -2.28. The minimum atomic E-state index is -0.191. The normalized spacial score (nSPS) is 13.9. The standard InChI is InChI=1S/C25H32N6O4S/c1-4-15-36-25-28-23(30-11-13-35-14-12-30)19-17-27-31(24(19)29-25)10-9-26-22(32)8-6-18-5-7-20(33-2)21(16-18)34-3/h5-8,16-17H,4,9-15H2,1-3H3,(H,26,32)/b8-6-. The van der Waals surface area contributed by atoms with Crippen LogP contribution in [-0.2, 0) is 16.1 Å². The second-order valence-corrected chi connectivity index (χ2v) is 9.18. The fourth-order valence-electron chi connectivity index (χ4n) is 3.83. The van der Waals surface area contributed by atoms with E-state index in [0.717, 1.165) is 52.8 Å². The van der Waals surface area contributed by atoms with Crippen LogP contribution in [-0.4, -0.2) is 78.5 Å². The first kappa shape index (κ1) is 25.8. The number of hydrogen-bond donors (Lipinski definition) is 1. The highest BCUT2D eigenvalue weighted by Gasteiger charge is 2.20. The molecule has 1 saturated heterocycles. The Morgan fingerprint density at radius 1 is 1.19 bits per heavy atom. The van der Waals surface area contributed by atoms with Crippen LogP contribution >= 0.6 is 11.8 Å². The summed E-state index contributed by atoms with van der Waals surface area (Å²) in [5.74, 6) is 2.91. The quantitative estimate of drug-likeness (QED) is 0.236. The Hall–Kier alpha value is -3.31. The number of nitrogens with zero attached hydrogens (tertiary/aromatic N) is 5. The fraction of sp³-hybridized carbons (Fsp3) is 0.440. The predicted octanol–water partition coefficient (Wildman–Crippen LogP) is 3.01. The van der Waals surface area contributed by atoms with Gasteiger partial charge in [0.2, 0.25) is 5.91 Å². The Labute approximate surface area is 215 Å². The highest BCUT2D eigenvalue weighted by molar-refractivity contribution is 7.99. The van der Waals surface area contributed by atoms with Crippen LogP contribution in [0.5, 0.6) is 11.5 Å². The number of rotatable bonds is 11. The van der Waals surface area contributed by atoms with E-state index < -0.39 is 0 Å². The summed E-state index contributed by atoms with van der Waals surface area (Å²) < 4.78 is 17.9. The highest BCUT2D eigenvalue weighted by atomic mass is 32.2. The molecular weight excluding hydrogens is 480 g/mol. The molecule has 36 heavy (non-hydrogen) atoms. The third kappa shape index (κ3) is 6.27. The van der Waals surface area contributed by atoms with Crippen LogP contribution < -0.4 is 19.7 Å². The molecule has 1 N–H and O–H groups in total. The van der Waals surface area contributed by atoms with E-state index in [1.807, 2.05) is 23.0 Å². The molecule has 192 valence electrons. The van der Waals surface area contributed by atoms with Crippen molar-refractivity contribution in [1.29, 1.82) is 0 Å². The molecule has 1 fully saturated rings. The van der Waals surface area contributed by atoms with Gasteiger partial charge in [0.05, 0.1) is 45.6 Å². The molecule has 0 spiro atoms. The Morgan fingerprint density at radius 3 is 2.75 bits per heavy atom. The van der Waals surface area contributed by atoms with Crippen molar-refractivity contribution < 1.29 is 19.0 Å². The molecule has 4 rings (SSSR count). The average molecular weight is 513 g/mol. The minimum Gasteiger partial charge on any atom is -0.493 e. The zero-order chi connectivity index (χ0) is 25.3. The van der Waals surface area contributed by atoms with Gasteiger partial charge in [-0.1, -0.05) is 24.8 Å². The molecule has 10 nitrogen and oxygen atoms in total. The van der Waals surface area contributed by atoms with E-state index in [0.29, 0.717) is 37.8 Å². The molecule has 1 amide bonds. The van der Waals surface area contributed by atoms with Crippen molar-refractivity contribution in [1.82, 2.24) is 25.1 Å². The molecule has 0 atom stereocenters. The van der Waals surface area contributed by atoms with Gasteiger partial charge in [0.1, 0.15) is 5.82 Å². The lowest BCUT2D eigenvalue weighted by molar-refractivity contribution is -0.116. The Bertz CT molecular complexity index is 1210. The summed E-state index contributed by atoms with van der Waals surface area (Å²) in [5, 5.41) is 9.12. The second kappa shape index (κ2) is 12.6. The number of carbonyl (C=O) groups is 1. The number of nitrogens with one attached hydrogen (secondary N) is 1. The summed E-state index contributed by atoms with van der Waals surface area (Å²) >= 11 is 1.65. The predicted molar refractivity (Wildman–Crippen MR) is 141 cm³/mol. The van der Waals surface area contributed by atoms with Gasteiger partial charge >= 0.3 is 0 Å². The number of carbonyl (C=O) groups excluding carboxylic acids is 1. The van der Waals surface area contributed by atoms with Crippen molar-refractivity contribution in [3.05, 3.63) is 36.0 Å². The summed E-state index contributed by atoms with van der Waals surface area (Å²) in [6, 6.07) is 5.48. The van der Waals surface area contributed by atoms with Crippen molar-refractivity contribution in [3.63, 3.8) is 0 Å². The largest absolute Gasteiger partial charge is 0.493 e. The number of thioether (sulfide) groups is 1. The van der Waals surface area contributed by atoms with Gasteiger partial charge in [-0.2, -0.15) is 5.10 Å². The smallest absolute Gasteiger partial charge is 0.244 e. The van der Waals surface area contributed by atoms with E-state index in [1.54, 1.807) is 38.1 Å². The number of anilines is 1. The van der Waals surface area contributed by atoms with Crippen molar-refractivity contribution in [2.24, 2.45) is 0 Å². The number of benzene rings is 1. The molecule has 0 radical (unpaired) electrons. The first-order valence-electron chi connectivity index (χ1n) is 12.0. The van der Waals surface area contributed by atoms with E-state index in [1.165, 1.54) is 6.08 Å². The monoisotopic (exact) mass is 512 g/mol. The minimum absolute atomic E-state index is 0.191. The Balaban J connectivity index is 1.42. The van der Waals surface area contributed by atoms with Crippen molar-refractivity contribution >= 4 is 40.6 Å². The number of aromatic nitrogens is 4. The summed E-state index contributed by atoms with van der Waals surface area (Å²) in [6.45, 7) is 5.99. The number of fused-ring (bicyclic) bond motifs is 1. The van der Waals surface area contributed by atoms with E-state index in [9.17, 15) is 4.79 Å². The average Bonchev–Trinajstić information content (AvgIpc) is 3.33. The Kier molecular flexibility index (Phi) is 9.01. The fourth-order valence-corrected chi connectivity index (χ4v) is 4.52. The van der Waals surface area contributed by atoms with Gasteiger partial charge in [-0.05, 0) is 30.2 Å². The van der Waals surface area contributed by atoms with Gasteiger partial charge in [0, 0.05) is 31.5 Å². The van der Waals surface area contributed by atoms with E-state index in [-0.39, 0.29) is 5.91 Å². The zero-order valence-electron chi connectivity index (χ0n) is 20.9. The third-order valence-corrected chi connectivity index (χ3v) is 6.71. The number of hydrogen-bond acceptors (Lipinski definition) is 9. The van der Waals surface area contributed by atoms with Crippen LogP contribution in [0.2, 0.25) is 0 Å². The first-order chi connectivity index (χ1) is 17.6.